The molecular weight excluding hydrogens is 390 g/mol. The van der Waals surface area contributed by atoms with Gasteiger partial charge in [-0.1, -0.05) is 26.0 Å². The van der Waals surface area contributed by atoms with E-state index in [1.807, 2.05) is 18.7 Å². The van der Waals surface area contributed by atoms with Crippen LogP contribution in [0.2, 0.25) is 0 Å². The third-order valence-electron chi connectivity index (χ3n) is 5.37. The van der Waals surface area contributed by atoms with Crippen molar-refractivity contribution in [1.29, 1.82) is 0 Å². The minimum atomic E-state index is -3.29. The smallest absolute Gasteiger partial charge is 0.226 e. The van der Waals surface area contributed by atoms with Crippen molar-refractivity contribution in [3.63, 3.8) is 0 Å². The summed E-state index contributed by atoms with van der Waals surface area (Å²) in [6.45, 7) is 8.67. The van der Waals surface area contributed by atoms with Gasteiger partial charge in [0.1, 0.15) is 0 Å². The number of hydrogen-bond donors (Lipinski definition) is 0. The molecule has 29 heavy (non-hydrogen) atoms. The van der Waals surface area contributed by atoms with E-state index in [9.17, 15) is 13.2 Å². The molecule has 8 heteroatoms. The molecule has 158 valence electrons. The second kappa shape index (κ2) is 8.65. The fraction of sp³-hybridized carbons (Fsp3) is 0.571. The van der Waals surface area contributed by atoms with Crippen LogP contribution in [-0.4, -0.2) is 47.8 Å². The second-order valence-electron chi connectivity index (χ2n) is 8.20. The molecule has 0 saturated carbocycles. The van der Waals surface area contributed by atoms with E-state index in [0.717, 1.165) is 18.4 Å². The summed E-state index contributed by atoms with van der Waals surface area (Å²) in [6.07, 6.45) is 1.87. The zero-order valence-corrected chi connectivity index (χ0v) is 18.3. The number of aromatic nitrogens is 2. The number of likely N-dealkylation sites (tertiary alicyclic amines) is 1. The summed E-state index contributed by atoms with van der Waals surface area (Å²) in [5.41, 5.74) is 0.818. The molecule has 3 rings (SSSR count). The van der Waals surface area contributed by atoms with Gasteiger partial charge in [0, 0.05) is 24.9 Å². The van der Waals surface area contributed by atoms with Crippen LogP contribution in [0.1, 0.15) is 69.7 Å². The Morgan fingerprint density at radius 3 is 2.24 bits per heavy atom. The Labute approximate surface area is 172 Å². The summed E-state index contributed by atoms with van der Waals surface area (Å²) in [7, 11) is -3.29. The molecule has 0 aliphatic carbocycles. The SMILES string of the molecule is CC(C)c1nnc(C2CCN(C(=O)Cc3ccc(S(=O)(=O)C(C)C)cc3)CC2)o1. The van der Waals surface area contributed by atoms with Crippen molar-refractivity contribution in [2.45, 2.75) is 68.9 Å². The Kier molecular flexibility index (Phi) is 6.41. The zero-order chi connectivity index (χ0) is 21.2. The van der Waals surface area contributed by atoms with Crippen LogP contribution in [-0.2, 0) is 21.1 Å². The fourth-order valence-electron chi connectivity index (χ4n) is 3.38. The van der Waals surface area contributed by atoms with Crippen molar-refractivity contribution in [2.75, 3.05) is 13.1 Å². The van der Waals surface area contributed by atoms with Gasteiger partial charge in [0.2, 0.25) is 17.7 Å². The molecule has 1 aromatic heterocycles. The van der Waals surface area contributed by atoms with Crippen molar-refractivity contribution >= 4 is 15.7 Å². The molecule has 0 spiro atoms. The molecule has 0 bridgehead atoms. The largest absolute Gasteiger partial charge is 0.425 e. The normalized spacial score (nSPS) is 16.0. The van der Waals surface area contributed by atoms with Gasteiger partial charge in [-0.3, -0.25) is 4.79 Å². The van der Waals surface area contributed by atoms with Crippen LogP contribution in [0.5, 0.6) is 0 Å². The van der Waals surface area contributed by atoms with Gasteiger partial charge in [-0.15, -0.1) is 10.2 Å². The Morgan fingerprint density at radius 2 is 1.72 bits per heavy atom. The van der Waals surface area contributed by atoms with Crippen LogP contribution >= 0.6 is 0 Å². The summed E-state index contributed by atoms with van der Waals surface area (Å²) in [5, 5.41) is 7.80. The molecule has 1 amide bonds. The Bertz CT molecular complexity index is 941. The number of benzene rings is 1. The van der Waals surface area contributed by atoms with E-state index in [4.69, 9.17) is 4.42 Å². The molecule has 1 aliphatic heterocycles. The molecule has 0 radical (unpaired) electrons. The number of sulfone groups is 1. The van der Waals surface area contributed by atoms with Crippen LogP contribution in [0.3, 0.4) is 0 Å². The molecule has 1 saturated heterocycles. The first-order valence-corrected chi connectivity index (χ1v) is 11.7. The predicted molar refractivity (Wildman–Crippen MR) is 109 cm³/mol. The predicted octanol–water partition coefficient (Wildman–Crippen LogP) is 3.32. The highest BCUT2D eigenvalue weighted by atomic mass is 32.2. The minimum Gasteiger partial charge on any atom is -0.425 e. The molecule has 7 nitrogen and oxygen atoms in total. The fourth-order valence-corrected chi connectivity index (χ4v) is 4.44. The van der Waals surface area contributed by atoms with E-state index < -0.39 is 15.1 Å². The van der Waals surface area contributed by atoms with Crippen molar-refractivity contribution in [1.82, 2.24) is 15.1 Å². The van der Waals surface area contributed by atoms with Crippen LogP contribution in [0.25, 0.3) is 0 Å². The lowest BCUT2D eigenvalue weighted by molar-refractivity contribution is -0.131. The van der Waals surface area contributed by atoms with Crippen LogP contribution in [0.4, 0.5) is 0 Å². The molecule has 0 N–H and O–H groups in total. The lowest BCUT2D eigenvalue weighted by atomic mass is 9.96. The first-order chi connectivity index (χ1) is 13.7. The summed E-state index contributed by atoms with van der Waals surface area (Å²) >= 11 is 0. The number of rotatable bonds is 6. The van der Waals surface area contributed by atoms with Gasteiger partial charge in [0.25, 0.3) is 0 Å². The van der Waals surface area contributed by atoms with Crippen LogP contribution in [0.15, 0.2) is 33.6 Å². The third kappa shape index (κ3) is 4.86. The van der Waals surface area contributed by atoms with Gasteiger partial charge in [0.15, 0.2) is 9.84 Å². The Balaban J connectivity index is 1.56. The summed E-state index contributed by atoms with van der Waals surface area (Å²) in [5.74, 6) is 1.78. The standard InChI is InChI=1S/C21H29N3O4S/c1-14(2)20-22-23-21(28-20)17-9-11-24(12-10-17)19(25)13-16-5-7-18(8-6-16)29(26,27)15(3)4/h5-8,14-15,17H,9-13H2,1-4H3. The highest BCUT2D eigenvalue weighted by Crippen LogP contribution is 2.28. The minimum absolute atomic E-state index is 0.0521. The second-order valence-corrected chi connectivity index (χ2v) is 10.7. The van der Waals surface area contributed by atoms with E-state index in [1.54, 1.807) is 38.1 Å². The molecule has 0 atom stereocenters. The van der Waals surface area contributed by atoms with Crippen molar-refractivity contribution in [3.05, 3.63) is 41.6 Å². The Hall–Kier alpha value is -2.22. The lowest BCUT2D eigenvalue weighted by Crippen LogP contribution is -2.38. The van der Waals surface area contributed by atoms with Gasteiger partial charge in [0.05, 0.1) is 16.6 Å². The molecule has 0 unspecified atom stereocenters. The van der Waals surface area contributed by atoms with Gasteiger partial charge >= 0.3 is 0 Å². The number of hydrogen-bond acceptors (Lipinski definition) is 6. The first kappa shape index (κ1) is 21.5. The average Bonchev–Trinajstić information content (AvgIpc) is 3.19. The lowest BCUT2D eigenvalue weighted by Gasteiger charge is -2.30. The number of nitrogens with zero attached hydrogens (tertiary/aromatic N) is 3. The maximum absolute atomic E-state index is 12.7. The molecular formula is C21H29N3O4S. The van der Waals surface area contributed by atoms with E-state index in [0.29, 0.717) is 29.8 Å². The molecule has 1 aromatic carbocycles. The first-order valence-electron chi connectivity index (χ1n) is 10.1. The molecule has 2 aromatic rings. The number of carbonyl (C=O) groups excluding carboxylic acids is 1. The van der Waals surface area contributed by atoms with Gasteiger partial charge < -0.3 is 9.32 Å². The molecule has 2 heterocycles. The van der Waals surface area contributed by atoms with E-state index in [1.165, 1.54) is 0 Å². The zero-order valence-electron chi connectivity index (χ0n) is 17.5. The van der Waals surface area contributed by atoms with E-state index in [-0.39, 0.29) is 24.2 Å². The van der Waals surface area contributed by atoms with Crippen molar-refractivity contribution in [2.24, 2.45) is 0 Å². The van der Waals surface area contributed by atoms with Gasteiger partial charge in [-0.05, 0) is 44.4 Å². The maximum Gasteiger partial charge on any atom is 0.226 e. The monoisotopic (exact) mass is 419 g/mol. The van der Waals surface area contributed by atoms with Gasteiger partial charge in [-0.2, -0.15) is 0 Å². The van der Waals surface area contributed by atoms with Crippen LogP contribution in [0, 0.1) is 0 Å². The van der Waals surface area contributed by atoms with Crippen molar-refractivity contribution in [3.8, 4) is 0 Å². The van der Waals surface area contributed by atoms with Crippen molar-refractivity contribution < 1.29 is 17.6 Å². The van der Waals surface area contributed by atoms with Gasteiger partial charge in [-0.25, -0.2) is 8.42 Å². The quantitative estimate of drug-likeness (QED) is 0.713. The maximum atomic E-state index is 12.7. The summed E-state index contributed by atoms with van der Waals surface area (Å²) < 4.78 is 30.2. The Morgan fingerprint density at radius 1 is 1.10 bits per heavy atom. The third-order valence-corrected chi connectivity index (χ3v) is 7.55. The highest BCUT2D eigenvalue weighted by Gasteiger charge is 2.28. The summed E-state index contributed by atoms with van der Waals surface area (Å²) in [4.78, 5) is 14.8. The van der Waals surface area contributed by atoms with Crippen LogP contribution < -0.4 is 0 Å². The molecule has 1 aliphatic rings. The van der Waals surface area contributed by atoms with E-state index in [2.05, 4.69) is 10.2 Å². The molecule has 1 fully saturated rings. The topological polar surface area (TPSA) is 93.4 Å². The number of piperidine rings is 1. The highest BCUT2D eigenvalue weighted by molar-refractivity contribution is 7.92. The number of carbonyl (C=O) groups is 1. The van der Waals surface area contributed by atoms with E-state index >= 15 is 0 Å². The average molecular weight is 420 g/mol. The number of amides is 1. The summed E-state index contributed by atoms with van der Waals surface area (Å²) in [6, 6.07) is 6.63.